The third-order valence-electron chi connectivity index (χ3n) is 4.60. The Bertz CT molecular complexity index is 903. The van der Waals surface area contributed by atoms with E-state index >= 15 is 0 Å². The number of aromatic nitrogens is 1. The molecule has 0 unspecified atom stereocenters. The van der Waals surface area contributed by atoms with Gasteiger partial charge in [0.05, 0.1) is 16.8 Å². The van der Waals surface area contributed by atoms with Crippen LogP contribution in [0.3, 0.4) is 0 Å². The van der Waals surface area contributed by atoms with Crippen LogP contribution in [-0.2, 0) is 14.3 Å². The second kappa shape index (κ2) is 9.21. The highest BCUT2D eigenvalue weighted by molar-refractivity contribution is 7.22. The Hall–Kier alpha value is -2.68. The van der Waals surface area contributed by atoms with Gasteiger partial charge in [-0.2, -0.15) is 0 Å². The molecule has 0 atom stereocenters. The van der Waals surface area contributed by atoms with Gasteiger partial charge in [0.15, 0.2) is 5.13 Å². The molecule has 9 heteroatoms. The number of nitrogens with zero attached hydrogens (tertiary/aromatic N) is 2. The molecule has 1 aromatic heterocycles. The van der Waals surface area contributed by atoms with Gasteiger partial charge in [0, 0.05) is 31.6 Å². The Labute approximate surface area is 173 Å². The van der Waals surface area contributed by atoms with Gasteiger partial charge in [-0.3, -0.25) is 9.59 Å². The molecule has 3 amide bonds. The maximum Gasteiger partial charge on any atom is 0.409 e. The van der Waals surface area contributed by atoms with Crippen LogP contribution in [0.1, 0.15) is 33.6 Å². The number of amides is 3. The molecule has 0 radical (unpaired) electrons. The number of likely N-dealkylation sites (tertiary alicyclic amines) is 1. The van der Waals surface area contributed by atoms with Crippen LogP contribution in [0.15, 0.2) is 18.2 Å². The molecule has 156 valence electrons. The van der Waals surface area contributed by atoms with Crippen molar-refractivity contribution >= 4 is 50.3 Å². The minimum Gasteiger partial charge on any atom is -0.449 e. The first-order valence-electron chi connectivity index (χ1n) is 9.72. The summed E-state index contributed by atoms with van der Waals surface area (Å²) < 4.78 is 6.14. The number of benzene rings is 1. The Morgan fingerprint density at radius 1 is 1.24 bits per heavy atom. The molecule has 8 nitrogen and oxygen atoms in total. The van der Waals surface area contributed by atoms with Gasteiger partial charge in [-0.25, -0.2) is 9.78 Å². The van der Waals surface area contributed by atoms with E-state index in [0.717, 1.165) is 10.2 Å². The lowest BCUT2D eigenvalue weighted by atomic mass is 9.96. The molecule has 1 aliphatic rings. The molecular formula is C20H26N4O4S. The molecule has 3 rings (SSSR count). The zero-order chi connectivity index (χ0) is 21.0. The smallest absolute Gasteiger partial charge is 0.409 e. The van der Waals surface area contributed by atoms with Crippen LogP contribution in [0.25, 0.3) is 10.2 Å². The summed E-state index contributed by atoms with van der Waals surface area (Å²) in [6.45, 7) is 6.86. The molecule has 2 N–H and O–H groups in total. The third-order valence-corrected chi connectivity index (χ3v) is 5.54. The number of ether oxygens (including phenoxy) is 1. The van der Waals surface area contributed by atoms with Crippen LogP contribution >= 0.6 is 11.3 Å². The fraction of sp³-hybridized carbons (Fsp3) is 0.500. The molecule has 0 saturated carbocycles. The number of anilines is 2. The van der Waals surface area contributed by atoms with Gasteiger partial charge in [-0.05, 0) is 37.0 Å². The Morgan fingerprint density at radius 3 is 2.62 bits per heavy atom. The summed E-state index contributed by atoms with van der Waals surface area (Å²) >= 11 is 1.37. The van der Waals surface area contributed by atoms with Gasteiger partial charge in [-0.15, -0.1) is 0 Å². The van der Waals surface area contributed by atoms with Gasteiger partial charge in [0.1, 0.15) is 0 Å². The molecule has 29 heavy (non-hydrogen) atoms. The lowest BCUT2D eigenvalue weighted by Gasteiger charge is -2.30. The SMILES string of the molecule is CC(=O)Nc1ccc2nc(NC(=O)C3CCN(C(=O)OCC(C)C)CC3)sc2c1. The molecule has 1 fully saturated rings. The first-order chi connectivity index (χ1) is 13.8. The average molecular weight is 419 g/mol. The van der Waals surface area contributed by atoms with Crippen molar-refractivity contribution in [2.75, 3.05) is 30.3 Å². The van der Waals surface area contributed by atoms with E-state index in [1.165, 1.54) is 18.3 Å². The first-order valence-corrected chi connectivity index (χ1v) is 10.5. The van der Waals surface area contributed by atoms with Crippen molar-refractivity contribution in [2.24, 2.45) is 11.8 Å². The molecular weight excluding hydrogens is 392 g/mol. The summed E-state index contributed by atoms with van der Waals surface area (Å²) in [5, 5.41) is 6.16. The van der Waals surface area contributed by atoms with Crippen LogP contribution < -0.4 is 10.6 Å². The van der Waals surface area contributed by atoms with E-state index in [1.807, 2.05) is 26.0 Å². The van der Waals surface area contributed by atoms with E-state index in [9.17, 15) is 14.4 Å². The average Bonchev–Trinajstić information content (AvgIpc) is 3.07. The lowest BCUT2D eigenvalue weighted by Crippen LogP contribution is -2.42. The van der Waals surface area contributed by atoms with Gasteiger partial charge < -0.3 is 20.3 Å². The maximum atomic E-state index is 12.6. The molecule has 1 aromatic carbocycles. The number of carbonyl (C=O) groups is 3. The number of fused-ring (bicyclic) bond motifs is 1. The van der Waals surface area contributed by atoms with E-state index < -0.39 is 0 Å². The van der Waals surface area contributed by atoms with Crippen LogP contribution in [0.4, 0.5) is 15.6 Å². The summed E-state index contributed by atoms with van der Waals surface area (Å²) in [5.74, 6) is -0.0836. The predicted molar refractivity (Wildman–Crippen MR) is 113 cm³/mol. The molecule has 2 aromatic rings. The summed E-state index contributed by atoms with van der Waals surface area (Å²) in [6, 6.07) is 5.43. The molecule has 0 aliphatic carbocycles. The van der Waals surface area contributed by atoms with Crippen molar-refractivity contribution in [3.05, 3.63) is 18.2 Å². The van der Waals surface area contributed by atoms with E-state index in [2.05, 4.69) is 15.6 Å². The number of thiazole rings is 1. The van der Waals surface area contributed by atoms with Crippen LogP contribution in [-0.4, -0.2) is 47.5 Å². The van der Waals surface area contributed by atoms with E-state index in [4.69, 9.17) is 4.74 Å². The number of hydrogen-bond donors (Lipinski definition) is 2. The number of rotatable bonds is 5. The molecule has 2 heterocycles. The largest absolute Gasteiger partial charge is 0.449 e. The minimum atomic E-state index is -0.307. The number of nitrogens with one attached hydrogen (secondary N) is 2. The van der Waals surface area contributed by atoms with E-state index in [1.54, 1.807) is 11.0 Å². The zero-order valence-electron chi connectivity index (χ0n) is 16.9. The molecule has 1 aliphatic heterocycles. The Morgan fingerprint density at radius 2 is 1.97 bits per heavy atom. The Kier molecular flexibility index (Phi) is 6.68. The van der Waals surface area contributed by atoms with Crippen LogP contribution in [0.5, 0.6) is 0 Å². The summed E-state index contributed by atoms with van der Waals surface area (Å²) in [5.41, 5.74) is 1.46. The van der Waals surface area contributed by atoms with E-state index in [0.29, 0.717) is 49.3 Å². The first kappa shape index (κ1) is 21.0. The maximum absolute atomic E-state index is 12.6. The summed E-state index contributed by atoms with van der Waals surface area (Å²) in [7, 11) is 0. The fourth-order valence-electron chi connectivity index (χ4n) is 3.12. The second-order valence-corrected chi connectivity index (χ2v) is 8.63. The molecule has 0 spiro atoms. The highest BCUT2D eigenvalue weighted by Gasteiger charge is 2.28. The standard InChI is InChI=1S/C20H26N4O4S/c1-12(2)11-28-20(27)24-8-6-14(7-9-24)18(26)23-19-22-16-5-4-15(21-13(3)25)10-17(16)29-19/h4-5,10,12,14H,6-9,11H2,1-3H3,(H,21,25)(H,22,23,26). The summed E-state index contributed by atoms with van der Waals surface area (Å²) in [4.78, 5) is 41.9. The molecule has 1 saturated heterocycles. The second-order valence-electron chi connectivity index (χ2n) is 7.60. The monoisotopic (exact) mass is 418 g/mol. The quantitative estimate of drug-likeness (QED) is 0.771. The lowest BCUT2D eigenvalue weighted by molar-refractivity contribution is -0.121. The highest BCUT2D eigenvalue weighted by atomic mass is 32.1. The highest BCUT2D eigenvalue weighted by Crippen LogP contribution is 2.29. The van der Waals surface area contributed by atoms with Gasteiger partial charge in [0.2, 0.25) is 11.8 Å². The minimum absolute atomic E-state index is 0.0821. The van der Waals surface area contributed by atoms with Crippen molar-refractivity contribution in [2.45, 2.75) is 33.6 Å². The van der Waals surface area contributed by atoms with Crippen molar-refractivity contribution in [3.63, 3.8) is 0 Å². The summed E-state index contributed by atoms with van der Waals surface area (Å²) in [6.07, 6.45) is 0.888. The molecule has 0 bridgehead atoms. The third kappa shape index (κ3) is 5.66. The van der Waals surface area contributed by atoms with Crippen LogP contribution in [0, 0.1) is 11.8 Å². The number of piperidine rings is 1. The van der Waals surface area contributed by atoms with Gasteiger partial charge >= 0.3 is 6.09 Å². The fourth-order valence-corrected chi connectivity index (χ4v) is 4.03. The van der Waals surface area contributed by atoms with Gasteiger partial charge in [-0.1, -0.05) is 25.2 Å². The predicted octanol–water partition coefficient (Wildman–Crippen LogP) is 3.70. The normalized spacial score (nSPS) is 14.8. The van der Waals surface area contributed by atoms with Crippen LogP contribution in [0.2, 0.25) is 0 Å². The topological polar surface area (TPSA) is 101 Å². The van der Waals surface area contributed by atoms with Crippen molar-refractivity contribution in [3.8, 4) is 0 Å². The van der Waals surface area contributed by atoms with E-state index in [-0.39, 0.29) is 23.8 Å². The number of hydrogen-bond acceptors (Lipinski definition) is 6. The number of carbonyl (C=O) groups excluding carboxylic acids is 3. The van der Waals surface area contributed by atoms with Crippen molar-refractivity contribution in [1.29, 1.82) is 0 Å². The van der Waals surface area contributed by atoms with Crippen molar-refractivity contribution < 1.29 is 19.1 Å². The zero-order valence-corrected chi connectivity index (χ0v) is 17.7. The van der Waals surface area contributed by atoms with Gasteiger partial charge in [0.25, 0.3) is 0 Å². The van der Waals surface area contributed by atoms with Crippen molar-refractivity contribution in [1.82, 2.24) is 9.88 Å². The Balaban J connectivity index is 1.54.